The van der Waals surface area contributed by atoms with Crippen LogP contribution in [0.25, 0.3) is 0 Å². The SMILES string of the molecule is COc1ccc(C(=O)c2ccc(C)c(C)c2)cc1[N+](=O)[O-]. The first-order chi connectivity index (χ1) is 9.93. The van der Waals surface area contributed by atoms with Crippen molar-refractivity contribution in [2.75, 3.05) is 7.11 Å². The summed E-state index contributed by atoms with van der Waals surface area (Å²) in [5.74, 6) is -0.111. The van der Waals surface area contributed by atoms with Crippen molar-refractivity contribution >= 4 is 11.5 Å². The van der Waals surface area contributed by atoms with Crippen molar-refractivity contribution in [2.24, 2.45) is 0 Å². The van der Waals surface area contributed by atoms with Crippen LogP contribution in [-0.2, 0) is 0 Å². The van der Waals surface area contributed by atoms with Crippen LogP contribution in [0, 0.1) is 24.0 Å². The van der Waals surface area contributed by atoms with Gasteiger partial charge in [0.2, 0.25) is 0 Å². The summed E-state index contributed by atoms with van der Waals surface area (Å²) >= 11 is 0. The van der Waals surface area contributed by atoms with Gasteiger partial charge in [-0.1, -0.05) is 12.1 Å². The molecule has 2 rings (SSSR count). The van der Waals surface area contributed by atoms with Gasteiger partial charge in [-0.2, -0.15) is 0 Å². The molecule has 0 N–H and O–H groups in total. The zero-order chi connectivity index (χ0) is 15.6. The van der Waals surface area contributed by atoms with Gasteiger partial charge >= 0.3 is 5.69 Å². The second-order valence-corrected chi connectivity index (χ2v) is 4.77. The summed E-state index contributed by atoms with van der Waals surface area (Å²) in [7, 11) is 1.35. The van der Waals surface area contributed by atoms with Crippen LogP contribution in [0.1, 0.15) is 27.0 Å². The molecule has 0 amide bonds. The van der Waals surface area contributed by atoms with E-state index in [1.807, 2.05) is 19.9 Å². The smallest absolute Gasteiger partial charge is 0.311 e. The Labute approximate surface area is 122 Å². The molecule has 0 spiro atoms. The molecule has 2 aromatic rings. The van der Waals surface area contributed by atoms with E-state index in [1.54, 1.807) is 12.1 Å². The molecule has 0 saturated heterocycles. The van der Waals surface area contributed by atoms with Gasteiger partial charge in [-0.3, -0.25) is 14.9 Å². The van der Waals surface area contributed by atoms with Crippen LogP contribution in [0.3, 0.4) is 0 Å². The number of hydrogen-bond donors (Lipinski definition) is 0. The van der Waals surface area contributed by atoms with E-state index in [-0.39, 0.29) is 22.8 Å². The molecular weight excluding hydrogens is 270 g/mol. The third-order valence-corrected chi connectivity index (χ3v) is 3.41. The van der Waals surface area contributed by atoms with Crippen molar-refractivity contribution in [2.45, 2.75) is 13.8 Å². The summed E-state index contributed by atoms with van der Waals surface area (Å²) in [5, 5.41) is 11.0. The largest absolute Gasteiger partial charge is 0.490 e. The first-order valence-electron chi connectivity index (χ1n) is 6.38. The molecule has 5 heteroatoms. The Morgan fingerprint density at radius 1 is 1.05 bits per heavy atom. The molecule has 0 atom stereocenters. The van der Waals surface area contributed by atoms with Crippen molar-refractivity contribution in [1.82, 2.24) is 0 Å². The number of ketones is 1. The van der Waals surface area contributed by atoms with Crippen LogP contribution in [0.2, 0.25) is 0 Å². The van der Waals surface area contributed by atoms with Crippen LogP contribution in [0.4, 0.5) is 5.69 Å². The Hall–Kier alpha value is -2.69. The van der Waals surface area contributed by atoms with Gasteiger partial charge in [0.25, 0.3) is 0 Å². The van der Waals surface area contributed by atoms with Crippen molar-refractivity contribution in [3.05, 3.63) is 68.8 Å². The highest BCUT2D eigenvalue weighted by Gasteiger charge is 2.19. The minimum Gasteiger partial charge on any atom is -0.490 e. The van der Waals surface area contributed by atoms with Gasteiger partial charge < -0.3 is 4.74 Å². The molecule has 0 bridgehead atoms. The molecule has 5 nitrogen and oxygen atoms in total. The lowest BCUT2D eigenvalue weighted by atomic mass is 9.99. The maximum atomic E-state index is 12.4. The molecule has 0 aliphatic rings. The zero-order valence-corrected chi connectivity index (χ0v) is 12.0. The Kier molecular flexibility index (Phi) is 4.03. The summed E-state index contributed by atoms with van der Waals surface area (Å²) < 4.78 is 4.93. The normalized spacial score (nSPS) is 10.2. The standard InChI is InChI=1S/C16H15NO4/c1-10-4-5-12(8-11(10)2)16(18)13-6-7-15(21-3)14(9-13)17(19)20/h4-9H,1-3H3. The maximum absolute atomic E-state index is 12.4. The highest BCUT2D eigenvalue weighted by atomic mass is 16.6. The Bertz CT molecular complexity index is 722. The van der Waals surface area contributed by atoms with Crippen molar-refractivity contribution in [3.63, 3.8) is 0 Å². The van der Waals surface area contributed by atoms with Gasteiger partial charge in [0.1, 0.15) is 0 Å². The number of aryl methyl sites for hydroxylation is 2. The van der Waals surface area contributed by atoms with Gasteiger partial charge in [0.05, 0.1) is 12.0 Å². The first-order valence-corrected chi connectivity index (χ1v) is 6.38. The molecular formula is C16H15NO4. The van der Waals surface area contributed by atoms with Crippen LogP contribution in [-0.4, -0.2) is 17.8 Å². The van der Waals surface area contributed by atoms with Gasteiger partial charge in [0.15, 0.2) is 11.5 Å². The Balaban J connectivity index is 2.46. The molecule has 2 aromatic carbocycles. The molecule has 0 unspecified atom stereocenters. The molecule has 21 heavy (non-hydrogen) atoms. The number of nitro groups is 1. The number of nitro benzene ring substituents is 1. The van der Waals surface area contributed by atoms with E-state index in [1.165, 1.54) is 25.3 Å². The molecule has 108 valence electrons. The maximum Gasteiger partial charge on any atom is 0.311 e. The zero-order valence-electron chi connectivity index (χ0n) is 12.0. The monoisotopic (exact) mass is 285 g/mol. The van der Waals surface area contributed by atoms with E-state index in [9.17, 15) is 14.9 Å². The predicted octanol–water partition coefficient (Wildman–Crippen LogP) is 3.45. The van der Waals surface area contributed by atoms with Gasteiger partial charge in [-0.05, 0) is 43.2 Å². The first kappa shape index (κ1) is 14.7. The topological polar surface area (TPSA) is 69.4 Å². The summed E-state index contributed by atoms with van der Waals surface area (Å²) in [4.78, 5) is 22.9. The summed E-state index contributed by atoms with van der Waals surface area (Å²) in [6.07, 6.45) is 0. The van der Waals surface area contributed by atoms with Crippen LogP contribution in [0.5, 0.6) is 5.75 Å². The minimum atomic E-state index is -0.560. The lowest BCUT2D eigenvalue weighted by molar-refractivity contribution is -0.385. The quantitative estimate of drug-likeness (QED) is 0.490. The average molecular weight is 285 g/mol. The lowest BCUT2D eigenvalue weighted by Crippen LogP contribution is -2.04. The number of carbonyl (C=O) groups excluding carboxylic acids is 1. The molecule has 0 heterocycles. The van der Waals surface area contributed by atoms with E-state index in [4.69, 9.17) is 4.74 Å². The molecule has 0 aromatic heterocycles. The second-order valence-electron chi connectivity index (χ2n) is 4.77. The third-order valence-electron chi connectivity index (χ3n) is 3.41. The van der Waals surface area contributed by atoms with E-state index in [0.717, 1.165) is 11.1 Å². The molecule has 0 saturated carbocycles. The number of nitrogens with zero attached hydrogens (tertiary/aromatic N) is 1. The molecule has 0 aliphatic heterocycles. The fourth-order valence-corrected chi connectivity index (χ4v) is 2.02. The van der Waals surface area contributed by atoms with E-state index in [2.05, 4.69) is 0 Å². The lowest BCUT2D eigenvalue weighted by Gasteiger charge is -2.06. The Morgan fingerprint density at radius 2 is 1.67 bits per heavy atom. The van der Waals surface area contributed by atoms with Gasteiger partial charge in [-0.25, -0.2) is 0 Å². The molecule has 0 aliphatic carbocycles. The summed E-state index contributed by atoms with van der Waals surface area (Å²) in [6, 6.07) is 9.58. The van der Waals surface area contributed by atoms with Crippen molar-refractivity contribution < 1.29 is 14.5 Å². The number of carbonyl (C=O) groups is 1. The third kappa shape index (κ3) is 2.91. The highest BCUT2D eigenvalue weighted by molar-refractivity contribution is 6.09. The Morgan fingerprint density at radius 3 is 2.24 bits per heavy atom. The second kappa shape index (κ2) is 5.75. The number of hydrogen-bond acceptors (Lipinski definition) is 4. The van der Waals surface area contributed by atoms with Crippen LogP contribution >= 0.6 is 0 Å². The number of rotatable bonds is 4. The summed E-state index contributed by atoms with van der Waals surface area (Å²) in [5.41, 5.74) is 2.66. The predicted molar refractivity (Wildman–Crippen MR) is 79.0 cm³/mol. The van der Waals surface area contributed by atoms with E-state index >= 15 is 0 Å². The van der Waals surface area contributed by atoms with Gasteiger partial charge in [0, 0.05) is 17.2 Å². The fraction of sp³-hybridized carbons (Fsp3) is 0.188. The van der Waals surface area contributed by atoms with Crippen molar-refractivity contribution in [1.29, 1.82) is 0 Å². The van der Waals surface area contributed by atoms with Gasteiger partial charge in [-0.15, -0.1) is 0 Å². The average Bonchev–Trinajstić information content (AvgIpc) is 2.48. The van der Waals surface area contributed by atoms with E-state index < -0.39 is 4.92 Å². The fourth-order valence-electron chi connectivity index (χ4n) is 2.02. The van der Waals surface area contributed by atoms with Crippen molar-refractivity contribution in [3.8, 4) is 5.75 Å². The molecule has 0 radical (unpaired) electrons. The van der Waals surface area contributed by atoms with Crippen LogP contribution in [0.15, 0.2) is 36.4 Å². The van der Waals surface area contributed by atoms with E-state index in [0.29, 0.717) is 5.56 Å². The number of methoxy groups -OCH3 is 1. The number of ether oxygens (including phenoxy) is 1. The molecule has 0 fully saturated rings. The minimum absolute atomic E-state index is 0.136. The number of benzene rings is 2. The highest BCUT2D eigenvalue weighted by Crippen LogP contribution is 2.28. The van der Waals surface area contributed by atoms with Crippen LogP contribution < -0.4 is 4.74 Å². The summed E-state index contributed by atoms with van der Waals surface area (Å²) in [6.45, 7) is 3.88.